The fraction of sp³-hybridized carbons (Fsp3) is 0.267. The van der Waals surface area contributed by atoms with Crippen molar-refractivity contribution in [3.05, 3.63) is 41.5 Å². The van der Waals surface area contributed by atoms with E-state index in [0.29, 0.717) is 0 Å². The van der Waals surface area contributed by atoms with Crippen LogP contribution in [-0.4, -0.2) is 26.3 Å². The normalized spacial score (nSPS) is 16.9. The van der Waals surface area contributed by atoms with E-state index in [-0.39, 0.29) is 18.4 Å². The zero-order valence-corrected chi connectivity index (χ0v) is 13.7. The van der Waals surface area contributed by atoms with Crippen molar-refractivity contribution in [1.82, 2.24) is 25.1 Å². The van der Waals surface area contributed by atoms with Gasteiger partial charge in [-0.3, -0.25) is 0 Å². The molecule has 3 aromatic rings. The topological polar surface area (TPSA) is 55.6 Å². The van der Waals surface area contributed by atoms with E-state index >= 15 is 0 Å². The van der Waals surface area contributed by atoms with Gasteiger partial charge in [0.1, 0.15) is 16.5 Å². The molecule has 3 heterocycles. The SMILES string of the molecule is CC1NCCn2c(-c3csc(-c4ccccc4)n3)nnc21.Cl. The maximum Gasteiger partial charge on any atom is 0.183 e. The van der Waals surface area contributed by atoms with Gasteiger partial charge >= 0.3 is 0 Å². The molecule has 0 amide bonds. The minimum Gasteiger partial charge on any atom is -0.307 e. The molecule has 0 radical (unpaired) electrons. The second-order valence-electron chi connectivity index (χ2n) is 5.11. The molecule has 114 valence electrons. The first-order valence-electron chi connectivity index (χ1n) is 7.01. The summed E-state index contributed by atoms with van der Waals surface area (Å²) < 4.78 is 2.17. The molecule has 2 aromatic heterocycles. The molecule has 1 atom stereocenters. The predicted octanol–water partition coefficient (Wildman–Crippen LogP) is 3.15. The van der Waals surface area contributed by atoms with Gasteiger partial charge in [0.05, 0.1) is 6.04 Å². The van der Waals surface area contributed by atoms with Crippen molar-refractivity contribution in [1.29, 1.82) is 0 Å². The Morgan fingerprint density at radius 3 is 2.86 bits per heavy atom. The molecule has 1 aromatic carbocycles. The number of benzene rings is 1. The van der Waals surface area contributed by atoms with E-state index in [2.05, 4.69) is 44.5 Å². The van der Waals surface area contributed by atoms with Gasteiger partial charge in [0.2, 0.25) is 0 Å². The van der Waals surface area contributed by atoms with E-state index in [9.17, 15) is 0 Å². The van der Waals surface area contributed by atoms with Crippen LogP contribution in [0.5, 0.6) is 0 Å². The Balaban J connectivity index is 0.00000144. The minimum atomic E-state index is 0. The second-order valence-corrected chi connectivity index (χ2v) is 5.97. The zero-order valence-electron chi connectivity index (χ0n) is 12.1. The first-order valence-corrected chi connectivity index (χ1v) is 7.88. The van der Waals surface area contributed by atoms with E-state index in [1.165, 1.54) is 0 Å². The van der Waals surface area contributed by atoms with Crippen molar-refractivity contribution in [2.24, 2.45) is 0 Å². The van der Waals surface area contributed by atoms with Gasteiger partial charge in [-0.15, -0.1) is 33.9 Å². The van der Waals surface area contributed by atoms with Gasteiger partial charge in [0.25, 0.3) is 0 Å². The highest BCUT2D eigenvalue weighted by Crippen LogP contribution is 2.29. The number of halogens is 1. The van der Waals surface area contributed by atoms with Crippen LogP contribution in [0.25, 0.3) is 22.1 Å². The second kappa shape index (κ2) is 6.16. The van der Waals surface area contributed by atoms with Gasteiger partial charge in [-0.2, -0.15) is 0 Å². The van der Waals surface area contributed by atoms with Gasteiger partial charge in [-0.05, 0) is 6.92 Å². The minimum absolute atomic E-state index is 0. The largest absolute Gasteiger partial charge is 0.307 e. The first kappa shape index (κ1) is 15.1. The maximum atomic E-state index is 4.73. The zero-order chi connectivity index (χ0) is 14.2. The van der Waals surface area contributed by atoms with Crippen molar-refractivity contribution in [3.8, 4) is 22.1 Å². The molecule has 0 fully saturated rings. The number of aromatic nitrogens is 4. The molecule has 4 rings (SSSR count). The third kappa shape index (κ3) is 2.54. The average molecular weight is 334 g/mol. The van der Waals surface area contributed by atoms with Crippen molar-refractivity contribution in [2.75, 3.05) is 6.54 Å². The summed E-state index contributed by atoms with van der Waals surface area (Å²) in [4.78, 5) is 4.73. The first-order chi connectivity index (χ1) is 10.3. The molecule has 1 aliphatic heterocycles. The van der Waals surface area contributed by atoms with E-state index in [1.807, 2.05) is 18.2 Å². The Labute approximate surface area is 138 Å². The lowest BCUT2D eigenvalue weighted by Crippen LogP contribution is -2.32. The molecular weight excluding hydrogens is 318 g/mol. The number of fused-ring (bicyclic) bond motifs is 1. The van der Waals surface area contributed by atoms with E-state index < -0.39 is 0 Å². The highest BCUT2D eigenvalue weighted by Gasteiger charge is 2.23. The molecular formula is C15H16ClN5S. The Kier molecular flexibility index (Phi) is 4.24. The van der Waals surface area contributed by atoms with Crippen LogP contribution in [0.4, 0.5) is 0 Å². The predicted molar refractivity (Wildman–Crippen MR) is 90.2 cm³/mol. The third-order valence-corrected chi connectivity index (χ3v) is 4.60. The van der Waals surface area contributed by atoms with Gasteiger partial charge in [0, 0.05) is 24.0 Å². The Morgan fingerprint density at radius 2 is 2.05 bits per heavy atom. The van der Waals surface area contributed by atoms with Crippen molar-refractivity contribution in [3.63, 3.8) is 0 Å². The van der Waals surface area contributed by atoms with Crippen molar-refractivity contribution < 1.29 is 0 Å². The molecule has 0 saturated carbocycles. The molecule has 0 bridgehead atoms. The molecule has 1 aliphatic rings. The van der Waals surface area contributed by atoms with Crippen LogP contribution in [0, 0.1) is 0 Å². The molecule has 1 unspecified atom stereocenters. The summed E-state index contributed by atoms with van der Waals surface area (Å²) in [5.74, 6) is 1.86. The molecule has 0 aliphatic carbocycles. The lowest BCUT2D eigenvalue weighted by atomic mass is 10.2. The lowest BCUT2D eigenvalue weighted by molar-refractivity contribution is 0.439. The monoisotopic (exact) mass is 333 g/mol. The Hall–Kier alpha value is -1.76. The molecule has 0 spiro atoms. The Bertz CT molecular complexity index is 767. The molecule has 5 nitrogen and oxygen atoms in total. The molecule has 7 heteroatoms. The molecule has 0 saturated heterocycles. The van der Waals surface area contributed by atoms with E-state index in [4.69, 9.17) is 4.98 Å². The highest BCUT2D eigenvalue weighted by molar-refractivity contribution is 7.13. The molecule has 22 heavy (non-hydrogen) atoms. The summed E-state index contributed by atoms with van der Waals surface area (Å²) in [6.45, 7) is 3.94. The van der Waals surface area contributed by atoms with Crippen LogP contribution in [0.3, 0.4) is 0 Å². The number of rotatable bonds is 2. The van der Waals surface area contributed by atoms with Crippen LogP contribution >= 0.6 is 23.7 Å². The quantitative estimate of drug-likeness (QED) is 0.782. The number of thiazole rings is 1. The van der Waals surface area contributed by atoms with Crippen molar-refractivity contribution >= 4 is 23.7 Å². The standard InChI is InChI=1S/C15H15N5S.ClH/c1-10-13-18-19-14(20(13)8-7-16-10)12-9-21-15(17-12)11-5-3-2-4-6-11;/h2-6,9-10,16H,7-8H2,1H3;1H. The van der Waals surface area contributed by atoms with Crippen molar-refractivity contribution in [2.45, 2.75) is 19.5 Å². The van der Waals surface area contributed by atoms with Gasteiger partial charge in [-0.25, -0.2) is 4.98 Å². The fourth-order valence-electron chi connectivity index (χ4n) is 2.62. The summed E-state index contributed by atoms with van der Waals surface area (Å²) in [5, 5.41) is 15.1. The van der Waals surface area contributed by atoms with Crippen LogP contribution in [-0.2, 0) is 6.54 Å². The van der Waals surface area contributed by atoms with Gasteiger partial charge in [0.15, 0.2) is 5.82 Å². The van der Waals surface area contributed by atoms with Crippen LogP contribution in [0.1, 0.15) is 18.8 Å². The average Bonchev–Trinajstić information content (AvgIpc) is 3.15. The number of nitrogens with one attached hydrogen (secondary N) is 1. The summed E-state index contributed by atoms with van der Waals surface area (Å²) in [7, 11) is 0. The van der Waals surface area contributed by atoms with Crippen LogP contribution < -0.4 is 5.32 Å². The fourth-order valence-corrected chi connectivity index (χ4v) is 3.42. The van der Waals surface area contributed by atoms with Gasteiger partial charge in [-0.1, -0.05) is 30.3 Å². The van der Waals surface area contributed by atoms with E-state index in [1.54, 1.807) is 11.3 Å². The summed E-state index contributed by atoms with van der Waals surface area (Å²) in [6, 6.07) is 10.5. The third-order valence-electron chi connectivity index (χ3n) is 3.71. The number of hydrogen-bond donors (Lipinski definition) is 1. The number of nitrogens with zero attached hydrogens (tertiary/aromatic N) is 4. The van der Waals surface area contributed by atoms with E-state index in [0.717, 1.165) is 41.0 Å². The highest BCUT2D eigenvalue weighted by atomic mass is 35.5. The van der Waals surface area contributed by atoms with Crippen LogP contribution in [0.15, 0.2) is 35.7 Å². The maximum absolute atomic E-state index is 4.73. The van der Waals surface area contributed by atoms with Gasteiger partial charge < -0.3 is 9.88 Å². The molecule has 1 N–H and O–H groups in total. The number of hydrogen-bond acceptors (Lipinski definition) is 5. The smallest absolute Gasteiger partial charge is 0.183 e. The lowest BCUT2D eigenvalue weighted by Gasteiger charge is -2.21. The summed E-state index contributed by atoms with van der Waals surface area (Å²) in [6.07, 6.45) is 0. The summed E-state index contributed by atoms with van der Waals surface area (Å²) in [5.41, 5.74) is 2.05. The summed E-state index contributed by atoms with van der Waals surface area (Å²) >= 11 is 1.64. The van der Waals surface area contributed by atoms with Crippen LogP contribution in [0.2, 0.25) is 0 Å². The Morgan fingerprint density at radius 1 is 1.23 bits per heavy atom.